The van der Waals surface area contributed by atoms with Gasteiger partial charge in [-0.2, -0.15) is 0 Å². The predicted octanol–water partition coefficient (Wildman–Crippen LogP) is 7.64. The highest BCUT2D eigenvalue weighted by Crippen LogP contribution is 2.54. The molecule has 4 atom stereocenters. The molecule has 2 heterocycles. The molecule has 7 heteroatoms. The lowest BCUT2D eigenvalue weighted by molar-refractivity contribution is -0.111. The lowest BCUT2D eigenvalue weighted by atomic mass is 9.73. The molecule has 4 aliphatic rings. The summed E-state index contributed by atoms with van der Waals surface area (Å²) in [6, 6.07) is 10.2. The summed E-state index contributed by atoms with van der Waals surface area (Å²) in [5.41, 5.74) is 9.61. The van der Waals surface area contributed by atoms with Crippen molar-refractivity contribution in [2.75, 3.05) is 20.2 Å². The molecule has 0 unspecified atom stereocenters. The molecule has 240 valence electrons. The Morgan fingerprint density at radius 1 is 0.778 bits per heavy atom. The molecule has 0 spiro atoms. The molecule has 0 fully saturated rings. The third-order valence-electron chi connectivity index (χ3n) is 10.3. The molecule has 7 nitrogen and oxygen atoms in total. The van der Waals surface area contributed by atoms with Crippen molar-refractivity contribution in [1.82, 2.24) is 0 Å². The second-order valence-corrected chi connectivity index (χ2v) is 12.9. The molecule has 0 aromatic heterocycles. The molecule has 0 saturated carbocycles. The summed E-state index contributed by atoms with van der Waals surface area (Å²) in [6.07, 6.45) is 6.76. The van der Waals surface area contributed by atoms with E-state index in [4.69, 9.17) is 23.7 Å². The summed E-state index contributed by atoms with van der Waals surface area (Å²) in [5.74, 6) is 5.68. The van der Waals surface area contributed by atoms with Crippen LogP contribution >= 0.6 is 0 Å². The number of carbonyl (C=O) groups is 1. The number of hydrogen-bond acceptors (Lipinski definition) is 7. The normalized spacial score (nSPS) is 22.2. The van der Waals surface area contributed by atoms with Gasteiger partial charge in [-0.15, -0.1) is 0 Å². The van der Waals surface area contributed by atoms with Gasteiger partial charge in [0.2, 0.25) is 13.6 Å². The van der Waals surface area contributed by atoms with Crippen LogP contribution in [0.15, 0.2) is 30.3 Å². The second kappa shape index (κ2) is 13.3. The number of ether oxygens (including phenoxy) is 5. The standard InChI is InChI=1S/C22H26O4.C16H20O3/c1-3-17-9-16(11-23)10-18-19(17)22-21(25-13-26-22)14(2)20(18)24-12-15-7-5-4-6-8-15;1-4-12-5-11(7-17)6-13-9(2)10(3)15-16(14(12)13)19-8-18-15/h4-8,16-17,23H,3,9-13H2,1-2H3;7,11-12H,4-6,8H2,1-3H3/t16-,17+;11-,12+/m00/s1. The van der Waals surface area contributed by atoms with Crippen LogP contribution in [-0.4, -0.2) is 31.6 Å². The van der Waals surface area contributed by atoms with Crippen molar-refractivity contribution in [3.8, 4) is 28.7 Å². The molecule has 45 heavy (non-hydrogen) atoms. The van der Waals surface area contributed by atoms with Gasteiger partial charge >= 0.3 is 0 Å². The van der Waals surface area contributed by atoms with Crippen molar-refractivity contribution in [3.05, 3.63) is 74.8 Å². The zero-order chi connectivity index (χ0) is 31.7. The molecular formula is C38H46O7. The minimum Gasteiger partial charge on any atom is -0.488 e. The maximum Gasteiger partial charge on any atom is 0.231 e. The van der Waals surface area contributed by atoms with Crippen LogP contribution in [-0.2, 0) is 24.2 Å². The van der Waals surface area contributed by atoms with E-state index in [-0.39, 0.29) is 25.2 Å². The Morgan fingerprint density at radius 2 is 1.38 bits per heavy atom. The second-order valence-electron chi connectivity index (χ2n) is 12.9. The van der Waals surface area contributed by atoms with Gasteiger partial charge in [0, 0.05) is 34.8 Å². The zero-order valence-corrected chi connectivity index (χ0v) is 27.2. The van der Waals surface area contributed by atoms with Gasteiger partial charge in [-0.3, -0.25) is 0 Å². The van der Waals surface area contributed by atoms with Gasteiger partial charge < -0.3 is 33.6 Å². The molecule has 2 aliphatic carbocycles. The number of aliphatic hydroxyl groups is 1. The zero-order valence-electron chi connectivity index (χ0n) is 27.2. The quantitative estimate of drug-likeness (QED) is 0.274. The average Bonchev–Trinajstić information content (AvgIpc) is 3.78. The number of aliphatic hydroxyl groups excluding tert-OH is 1. The first-order valence-corrected chi connectivity index (χ1v) is 16.5. The molecule has 2 aliphatic heterocycles. The van der Waals surface area contributed by atoms with Gasteiger partial charge in [-0.25, -0.2) is 0 Å². The third-order valence-corrected chi connectivity index (χ3v) is 10.3. The van der Waals surface area contributed by atoms with Gasteiger partial charge in [-0.05, 0) is 99.3 Å². The summed E-state index contributed by atoms with van der Waals surface area (Å²) in [4.78, 5) is 11.2. The molecule has 0 radical (unpaired) electrons. The van der Waals surface area contributed by atoms with Crippen LogP contribution in [0.4, 0.5) is 0 Å². The van der Waals surface area contributed by atoms with Crippen molar-refractivity contribution >= 4 is 6.29 Å². The molecular weight excluding hydrogens is 568 g/mol. The monoisotopic (exact) mass is 614 g/mol. The SMILES string of the molecule is CC[C@@H]1C[C@H](C=O)Cc2c(C)c(C)c3c(c21)OCO3.CC[C@@H]1C[C@H](CO)Cc2c(OCc3ccccc3)c(C)c3c(c21)OCO3. The molecule has 7 rings (SSSR count). The van der Waals surface area contributed by atoms with Crippen molar-refractivity contribution < 1.29 is 33.6 Å². The smallest absolute Gasteiger partial charge is 0.231 e. The fourth-order valence-corrected chi connectivity index (χ4v) is 7.80. The summed E-state index contributed by atoms with van der Waals surface area (Å²) < 4.78 is 29.3. The van der Waals surface area contributed by atoms with Gasteiger partial charge in [0.1, 0.15) is 18.6 Å². The maximum atomic E-state index is 11.2. The summed E-state index contributed by atoms with van der Waals surface area (Å²) >= 11 is 0. The average molecular weight is 615 g/mol. The fraction of sp³-hybridized carbons (Fsp3) is 0.500. The Bertz CT molecular complexity index is 1550. The van der Waals surface area contributed by atoms with Crippen molar-refractivity contribution in [2.45, 2.75) is 91.6 Å². The molecule has 0 saturated heterocycles. The summed E-state index contributed by atoms with van der Waals surface area (Å²) in [6.45, 7) is 11.9. The van der Waals surface area contributed by atoms with Crippen LogP contribution in [0.5, 0.6) is 28.7 Å². The Morgan fingerprint density at radius 3 is 2.00 bits per heavy atom. The molecule has 3 aromatic rings. The highest BCUT2D eigenvalue weighted by atomic mass is 16.7. The topological polar surface area (TPSA) is 83.5 Å². The van der Waals surface area contributed by atoms with E-state index in [0.717, 1.165) is 90.2 Å². The van der Waals surface area contributed by atoms with Crippen LogP contribution in [0, 0.1) is 32.6 Å². The lowest BCUT2D eigenvalue weighted by Crippen LogP contribution is -2.23. The van der Waals surface area contributed by atoms with E-state index >= 15 is 0 Å². The van der Waals surface area contributed by atoms with Gasteiger partial charge in [-0.1, -0.05) is 44.2 Å². The minimum atomic E-state index is 0.149. The maximum absolute atomic E-state index is 11.2. The Balaban J connectivity index is 0.000000167. The number of rotatable bonds is 7. The van der Waals surface area contributed by atoms with Crippen molar-refractivity contribution in [1.29, 1.82) is 0 Å². The lowest BCUT2D eigenvalue weighted by Gasteiger charge is -2.33. The molecule has 0 amide bonds. The number of fused-ring (bicyclic) bond motifs is 6. The van der Waals surface area contributed by atoms with E-state index in [0.29, 0.717) is 25.2 Å². The van der Waals surface area contributed by atoms with Crippen LogP contribution in [0.1, 0.15) is 95.9 Å². The molecule has 0 bridgehead atoms. The van der Waals surface area contributed by atoms with E-state index < -0.39 is 0 Å². The van der Waals surface area contributed by atoms with E-state index in [9.17, 15) is 9.90 Å². The van der Waals surface area contributed by atoms with Crippen molar-refractivity contribution in [2.24, 2.45) is 11.8 Å². The summed E-state index contributed by atoms with van der Waals surface area (Å²) in [5, 5.41) is 9.79. The van der Waals surface area contributed by atoms with Gasteiger partial charge in [0.15, 0.2) is 23.0 Å². The van der Waals surface area contributed by atoms with Crippen LogP contribution < -0.4 is 23.7 Å². The first-order chi connectivity index (χ1) is 21.9. The highest BCUT2D eigenvalue weighted by molar-refractivity contribution is 5.66. The predicted molar refractivity (Wildman–Crippen MR) is 173 cm³/mol. The van der Waals surface area contributed by atoms with Gasteiger partial charge in [0.25, 0.3) is 0 Å². The van der Waals surface area contributed by atoms with E-state index in [1.54, 1.807) is 0 Å². The number of benzene rings is 3. The highest BCUT2D eigenvalue weighted by Gasteiger charge is 2.37. The van der Waals surface area contributed by atoms with Crippen LogP contribution in [0.2, 0.25) is 0 Å². The first kappa shape index (κ1) is 31.3. The third kappa shape index (κ3) is 5.76. The summed E-state index contributed by atoms with van der Waals surface area (Å²) in [7, 11) is 0. The minimum absolute atomic E-state index is 0.149. The van der Waals surface area contributed by atoms with Crippen LogP contribution in [0.3, 0.4) is 0 Å². The van der Waals surface area contributed by atoms with Crippen molar-refractivity contribution in [3.63, 3.8) is 0 Å². The largest absolute Gasteiger partial charge is 0.488 e. The van der Waals surface area contributed by atoms with E-state index in [1.165, 1.54) is 27.8 Å². The Labute approximate surface area is 266 Å². The van der Waals surface area contributed by atoms with E-state index in [1.807, 2.05) is 25.1 Å². The fourth-order valence-electron chi connectivity index (χ4n) is 7.80. The van der Waals surface area contributed by atoms with Crippen LogP contribution in [0.25, 0.3) is 0 Å². The molecule has 1 N–H and O–H groups in total. The Hall–Kier alpha value is -3.71. The number of aldehydes is 1. The Kier molecular flexibility index (Phi) is 9.27. The number of hydrogen-bond donors (Lipinski definition) is 1. The molecule has 3 aromatic carbocycles. The first-order valence-electron chi connectivity index (χ1n) is 16.5. The number of carbonyl (C=O) groups excluding carboxylic acids is 1. The van der Waals surface area contributed by atoms with Gasteiger partial charge in [0.05, 0.1) is 0 Å². The van der Waals surface area contributed by atoms with E-state index in [2.05, 4.69) is 39.8 Å².